The van der Waals surface area contributed by atoms with Crippen molar-refractivity contribution in [2.45, 2.75) is 51.0 Å². The van der Waals surface area contributed by atoms with Crippen LogP contribution in [0.25, 0.3) is 21.9 Å². The van der Waals surface area contributed by atoms with Gasteiger partial charge in [-0.1, -0.05) is 12.1 Å². The Morgan fingerprint density at radius 3 is 2.82 bits per heavy atom. The Bertz CT molecular complexity index is 1310. The Balaban J connectivity index is 1.12. The molecule has 0 bridgehead atoms. The Morgan fingerprint density at radius 2 is 1.94 bits per heavy atom. The van der Waals surface area contributed by atoms with Crippen molar-refractivity contribution in [3.63, 3.8) is 0 Å². The average molecular weight is 505 g/mol. The lowest BCUT2D eigenvalue weighted by Gasteiger charge is -2.15. The van der Waals surface area contributed by atoms with Crippen molar-refractivity contribution in [1.29, 1.82) is 0 Å². The molecule has 6 rings (SSSR count). The smallest absolute Gasteiger partial charge is 0.145 e. The summed E-state index contributed by atoms with van der Waals surface area (Å²) in [4.78, 5) is 13.5. The summed E-state index contributed by atoms with van der Waals surface area (Å²) < 4.78 is 3.35. The van der Waals surface area contributed by atoms with Crippen LogP contribution in [0.4, 0.5) is 11.6 Å². The van der Waals surface area contributed by atoms with Crippen LogP contribution in [0.1, 0.15) is 50.1 Å². The summed E-state index contributed by atoms with van der Waals surface area (Å²) in [5.41, 5.74) is 9.44. The number of halogens is 1. The van der Waals surface area contributed by atoms with Gasteiger partial charge in [0.15, 0.2) is 0 Å². The van der Waals surface area contributed by atoms with Crippen LogP contribution in [0.5, 0.6) is 0 Å². The van der Waals surface area contributed by atoms with Gasteiger partial charge in [0.05, 0.1) is 15.4 Å². The monoisotopic (exact) mass is 504 g/mol. The summed E-state index contributed by atoms with van der Waals surface area (Å²) in [5.74, 6) is 3.09. The minimum Gasteiger partial charge on any atom is -0.383 e. The van der Waals surface area contributed by atoms with Gasteiger partial charge >= 0.3 is 0 Å². The molecule has 4 aromatic rings. The standard InChI is InChI=1S/C26H29BrN6/c27-22-13-19-7-5-17(12-23(19)32-25(22)29-14-18-3-4-18)2-1-16-6-8-20(11-16)33-10-9-21-24(28)30-15-31-26(21)33/h5,7,9-10,12-13,15-16,18,20H,1-4,6,8,11,14H2,(H,29,32)(H2,28,30,31). The topological polar surface area (TPSA) is 81.6 Å². The molecule has 0 aliphatic heterocycles. The maximum absolute atomic E-state index is 6.02. The molecule has 170 valence electrons. The maximum atomic E-state index is 6.02. The third-order valence-electron chi connectivity index (χ3n) is 7.38. The molecule has 2 saturated carbocycles. The highest BCUT2D eigenvalue weighted by Crippen LogP contribution is 2.39. The number of nitrogens with one attached hydrogen (secondary N) is 1. The molecule has 2 unspecified atom stereocenters. The molecule has 3 heterocycles. The molecule has 7 heteroatoms. The lowest BCUT2D eigenvalue weighted by atomic mass is 9.97. The number of aryl methyl sites for hydroxylation is 1. The molecule has 3 aromatic heterocycles. The number of nitrogens with zero attached hydrogens (tertiary/aromatic N) is 4. The van der Waals surface area contributed by atoms with E-state index in [0.717, 1.165) is 51.6 Å². The molecule has 1 aromatic carbocycles. The number of aromatic nitrogens is 4. The van der Waals surface area contributed by atoms with Crippen LogP contribution < -0.4 is 11.1 Å². The molecule has 33 heavy (non-hydrogen) atoms. The molecule has 0 saturated heterocycles. The van der Waals surface area contributed by atoms with Crippen LogP contribution in [0, 0.1) is 11.8 Å². The van der Waals surface area contributed by atoms with Crippen molar-refractivity contribution in [3.8, 4) is 0 Å². The van der Waals surface area contributed by atoms with Gasteiger partial charge in [-0.15, -0.1) is 0 Å². The van der Waals surface area contributed by atoms with E-state index in [9.17, 15) is 0 Å². The SMILES string of the molecule is Nc1ncnc2c1ccn2C1CCC(CCc2ccc3cc(Br)c(NCC4CC4)nc3c2)C1. The second-order valence-electron chi connectivity index (χ2n) is 9.76. The van der Waals surface area contributed by atoms with Crippen molar-refractivity contribution in [2.24, 2.45) is 11.8 Å². The highest BCUT2D eigenvalue weighted by atomic mass is 79.9. The van der Waals surface area contributed by atoms with E-state index in [1.165, 1.54) is 49.5 Å². The van der Waals surface area contributed by atoms with E-state index in [1.807, 2.05) is 6.07 Å². The van der Waals surface area contributed by atoms with Crippen LogP contribution in [0.2, 0.25) is 0 Å². The number of anilines is 2. The van der Waals surface area contributed by atoms with E-state index in [4.69, 9.17) is 10.7 Å². The van der Waals surface area contributed by atoms with Crippen LogP contribution in [-0.4, -0.2) is 26.1 Å². The molecular formula is C26H29BrN6. The Kier molecular flexibility index (Phi) is 5.45. The zero-order chi connectivity index (χ0) is 22.4. The van der Waals surface area contributed by atoms with E-state index in [1.54, 1.807) is 6.33 Å². The fourth-order valence-corrected chi connectivity index (χ4v) is 5.72. The van der Waals surface area contributed by atoms with Gasteiger partial charge in [-0.3, -0.25) is 0 Å². The first kappa shape index (κ1) is 20.9. The lowest BCUT2D eigenvalue weighted by Crippen LogP contribution is -2.06. The highest BCUT2D eigenvalue weighted by molar-refractivity contribution is 9.10. The van der Waals surface area contributed by atoms with E-state index in [-0.39, 0.29) is 0 Å². The lowest BCUT2D eigenvalue weighted by molar-refractivity contribution is 0.461. The second kappa shape index (κ2) is 8.60. The zero-order valence-electron chi connectivity index (χ0n) is 18.7. The normalized spacial score (nSPS) is 20.6. The van der Waals surface area contributed by atoms with Gasteiger partial charge in [0.2, 0.25) is 0 Å². The van der Waals surface area contributed by atoms with Crippen LogP contribution in [0.3, 0.4) is 0 Å². The summed E-state index contributed by atoms with van der Waals surface area (Å²) >= 11 is 3.68. The largest absolute Gasteiger partial charge is 0.383 e. The number of nitrogens with two attached hydrogens (primary N) is 1. The van der Waals surface area contributed by atoms with Crippen molar-refractivity contribution in [3.05, 3.63) is 52.9 Å². The van der Waals surface area contributed by atoms with Gasteiger partial charge in [0, 0.05) is 24.2 Å². The van der Waals surface area contributed by atoms with E-state index >= 15 is 0 Å². The van der Waals surface area contributed by atoms with Gasteiger partial charge in [0.25, 0.3) is 0 Å². The summed E-state index contributed by atoms with van der Waals surface area (Å²) in [7, 11) is 0. The first-order chi connectivity index (χ1) is 16.1. The maximum Gasteiger partial charge on any atom is 0.145 e. The summed E-state index contributed by atoms with van der Waals surface area (Å²) in [6.45, 7) is 1.02. The second-order valence-corrected chi connectivity index (χ2v) is 10.6. The Labute approximate surface area is 202 Å². The molecule has 0 amide bonds. The van der Waals surface area contributed by atoms with E-state index in [0.29, 0.717) is 11.9 Å². The van der Waals surface area contributed by atoms with Gasteiger partial charge < -0.3 is 15.6 Å². The molecule has 2 aliphatic rings. The number of pyridine rings is 1. The minimum atomic E-state index is 0.498. The molecule has 6 nitrogen and oxygen atoms in total. The molecule has 2 fully saturated rings. The molecule has 2 aliphatic carbocycles. The quantitative estimate of drug-likeness (QED) is 0.316. The van der Waals surface area contributed by atoms with Crippen molar-refractivity contribution < 1.29 is 0 Å². The summed E-state index contributed by atoms with van der Waals surface area (Å²) in [5, 5.41) is 5.67. The summed E-state index contributed by atoms with van der Waals surface area (Å²) in [6, 6.07) is 11.5. The number of hydrogen-bond acceptors (Lipinski definition) is 5. The molecule has 2 atom stereocenters. The number of benzene rings is 1. The summed E-state index contributed by atoms with van der Waals surface area (Å²) in [6.07, 6.45) is 12.3. The Hall–Kier alpha value is -2.67. The fourth-order valence-electron chi connectivity index (χ4n) is 5.25. The van der Waals surface area contributed by atoms with Crippen molar-refractivity contribution in [1.82, 2.24) is 19.5 Å². The van der Waals surface area contributed by atoms with Gasteiger partial charge in [-0.2, -0.15) is 0 Å². The minimum absolute atomic E-state index is 0.498. The van der Waals surface area contributed by atoms with Crippen LogP contribution in [-0.2, 0) is 6.42 Å². The molecule has 3 N–H and O–H groups in total. The van der Waals surface area contributed by atoms with Crippen LogP contribution in [0.15, 0.2) is 47.3 Å². The Morgan fingerprint density at radius 1 is 1.06 bits per heavy atom. The van der Waals surface area contributed by atoms with Crippen molar-refractivity contribution >= 4 is 49.5 Å². The van der Waals surface area contributed by atoms with Gasteiger partial charge in [-0.05, 0) is 96.5 Å². The molecule has 0 radical (unpaired) electrons. The highest BCUT2D eigenvalue weighted by Gasteiger charge is 2.27. The van der Waals surface area contributed by atoms with Crippen LogP contribution >= 0.6 is 15.9 Å². The number of hydrogen-bond donors (Lipinski definition) is 2. The zero-order valence-corrected chi connectivity index (χ0v) is 20.3. The van der Waals surface area contributed by atoms with Crippen molar-refractivity contribution in [2.75, 3.05) is 17.6 Å². The average Bonchev–Trinajstić information content (AvgIpc) is 3.35. The predicted octanol–water partition coefficient (Wildman–Crippen LogP) is 6.12. The van der Waals surface area contributed by atoms with Gasteiger partial charge in [-0.25, -0.2) is 15.0 Å². The van der Waals surface area contributed by atoms with Gasteiger partial charge in [0.1, 0.15) is 23.6 Å². The third-order valence-corrected chi connectivity index (χ3v) is 7.98. The molecule has 0 spiro atoms. The number of nitrogen functional groups attached to an aromatic ring is 1. The fraction of sp³-hybridized carbons (Fsp3) is 0.423. The first-order valence-electron chi connectivity index (χ1n) is 12.0. The third kappa shape index (κ3) is 4.31. The first-order valence-corrected chi connectivity index (χ1v) is 12.8. The number of fused-ring (bicyclic) bond motifs is 2. The number of rotatable bonds is 7. The van der Waals surface area contributed by atoms with E-state index < -0.39 is 0 Å². The molecular weight excluding hydrogens is 476 g/mol. The van der Waals surface area contributed by atoms with E-state index in [2.05, 4.69) is 66.2 Å². The predicted molar refractivity (Wildman–Crippen MR) is 137 cm³/mol.